The quantitative estimate of drug-likeness (QED) is 0.489. The van der Waals surface area contributed by atoms with Crippen molar-refractivity contribution in [3.05, 3.63) is 0 Å². The van der Waals surface area contributed by atoms with Gasteiger partial charge in [-0.25, -0.2) is 0 Å². The van der Waals surface area contributed by atoms with Gasteiger partial charge in [0.05, 0.1) is 12.1 Å². The van der Waals surface area contributed by atoms with Crippen molar-refractivity contribution in [2.45, 2.75) is 91.1 Å². The minimum atomic E-state index is -0.790. The van der Waals surface area contributed by atoms with Crippen molar-refractivity contribution in [1.29, 1.82) is 10.5 Å². The molecule has 0 heterocycles. The van der Waals surface area contributed by atoms with Crippen molar-refractivity contribution < 1.29 is 0 Å². The smallest absolute Gasteiger partial charge is 0.167 e. The van der Waals surface area contributed by atoms with Crippen LogP contribution in [0.5, 0.6) is 0 Å². The average Bonchev–Trinajstić information content (AvgIpc) is 2.56. The van der Waals surface area contributed by atoms with Gasteiger partial charge in [0.1, 0.15) is 0 Å². The second kappa shape index (κ2) is 9.57. The number of rotatable bonds is 10. The van der Waals surface area contributed by atoms with Gasteiger partial charge in [0.2, 0.25) is 0 Å². The number of nitrogens with zero attached hydrogens (tertiary/aromatic N) is 4. The molecule has 0 saturated carbocycles. The molecule has 0 aromatic carbocycles. The molecule has 4 heteroatoms. The van der Waals surface area contributed by atoms with Crippen LogP contribution in [0.2, 0.25) is 0 Å². The molecule has 4 unspecified atom stereocenters. The molecule has 0 saturated heterocycles. The van der Waals surface area contributed by atoms with E-state index in [0.717, 1.165) is 12.8 Å². The fourth-order valence-corrected chi connectivity index (χ4v) is 2.44. The van der Waals surface area contributed by atoms with Gasteiger partial charge in [0, 0.05) is 0 Å². The Balaban J connectivity index is 5.42. The second-order valence-corrected chi connectivity index (χ2v) is 6.63. The molecule has 0 N–H and O–H groups in total. The van der Waals surface area contributed by atoms with E-state index in [1.165, 1.54) is 0 Å². The summed E-state index contributed by atoms with van der Waals surface area (Å²) in [4.78, 5) is 0. The zero-order valence-corrected chi connectivity index (χ0v) is 15.2. The highest BCUT2D eigenvalue weighted by Crippen LogP contribution is 2.31. The predicted molar refractivity (Wildman–Crippen MR) is 90.3 cm³/mol. The molecule has 0 aliphatic carbocycles. The highest BCUT2D eigenvalue weighted by atomic mass is 15.2. The van der Waals surface area contributed by atoms with Gasteiger partial charge in [-0.1, -0.05) is 54.4 Å². The third kappa shape index (κ3) is 5.76. The summed E-state index contributed by atoms with van der Waals surface area (Å²) < 4.78 is 0. The SMILES string of the molecule is CCC(C)CC(C#N)(CC)N=NC(C#N)(CC)CC(C)CC. The fourth-order valence-electron chi connectivity index (χ4n) is 2.44. The Hall–Kier alpha value is -1.42. The molecule has 0 spiro atoms. The maximum atomic E-state index is 9.60. The van der Waals surface area contributed by atoms with E-state index in [0.29, 0.717) is 37.5 Å². The molecule has 124 valence electrons. The van der Waals surface area contributed by atoms with Gasteiger partial charge in [-0.05, 0) is 37.5 Å². The van der Waals surface area contributed by atoms with Crippen LogP contribution in [-0.4, -0.2) is 11.1 Å². The van der Waals surface area contributed by atoms with Crippen LogP contribution >= 0.6 is 0 Å². The maximum absolute atomic E-state index is 9.60. The van der Waals surface area contributed by atoms with Crippen molar-refractivity contribution in [2.24, 2.45) is 22.1 Å². The number of hydrogen-bond acceptors (Lipinski definition) is 4. The zero-order valence-electron chi connectivity index (χ0n) is 15.2. The van der Waals surface area contributed by atoms with Crippen molar-refractivity contribution in [1.82, 2.24) is 0 Å². The Labute approximate surface area is 136 Å². The number of hydrogen-bond donors (Lipinski definition) is 0. The molecular weight excluding hydrogens is 272 g/mol. The molecule has 0 aliphatic rings. The molecule has 0 aliphatic heterocycles. The van der Waals surface area contributed by atoms with Gasteiger partial charge < -0.3 is 0 Å². The van der Waals surface area contributed by atoms with Crippen LogP contribution < -0.4 is 0 Å². The van der Waals surface area contributed by atoms with E-state index in [9.17, 15) is 10.5 Å². The summed E-state index contributed by atoms with van der Waals surface area (Å²) in [7, 11) is 0. The van der Waals surface area contributed by atoms with E-state index in [-0.39, 0.29) is 0 Å². The van der Waals surface area contributed by atoms with E-state index >= 15 is 0 Å². The minimum absolute atomic E-state index is 0.422. The first-order valence-electron chi connectivity index (χ1n) is 8.62. The van der Waals surface area contributed by atoms with Crippen LogP contribution in [-0.2, 0) is 0 Å². The van der Waals surface area contributed by atoms with Crippen LogP contribution in [0.4, 0.5) is 0 Å². The normalized spacial score (nSPS) is 19.6. The van der Waals surface area contributed by atoms with Crippen LogP contribution in [0, 0.1) is 34.5 Å². The number of azo groups is 1. The second-order valence-electron chi connectivity index (χ2n) is 6.63. The van der Waals surface area contributed by atoms with E-state index in [2.05, 4.69) is 50.1 Å². The van der Waals surface area contributed by atoms with Crippen LogP contribution in [0.15, 0.2) is 10.2 Å². The van der Waals surface area contributed by atoms with Crippen LogP contribution in [0.25, 0.3) is 0 Å². The summed E-state index contributed by atoms with van der Waals surface area (Å²) in [5.41, 5.74) is -1.58. The molecule has 22 heavy (non-hydrogen) atoms. The van der Waals surface area contributed by atoms with Gasteiger partial charge in [-0.3, -0.25) is 0 Å². The molecule has 0 radical (unpaired) electrons. The summed E-state index contributed by atoms with van der Waals surface area (Å²) in [6.07, 6.45) is 4.70. The third-order valence-electron chi connectivity index (χ3n) is 4.78. The lowest BCUT2D eigenvalue weighted by atomic mass is 9.85. The topological polar surface area (TPSA) is 72.3 Å². The molecule has 0 amide bonds. The Morgan fingerprint density at radius 1 is 0.773 bits per heavy atom. The third-order valence-corrected chi connectivity index (χ3v) is 4.78. The zero-order chi connectivity index (χ0) is 17.2. The van der Waals surface area contributed by atoms with Crippen molar-refractivity contribution in [3.8, 4) is 12.1 Å². The highest BCUT2D eigenvalue weighted by molar-refractivity contribution is 5.10. The summed E-state index contributed by atoms with van der Waals surface area (Å²) in [6, 6.07) is 4.70. The van der Waals surface area contributed by atoms with Gasteiger partial charge in [-0.15, -0.1) is 0 Å². The van der Waals surface area contributed by atoms with Crippen molar-refractivity contribution in [2.75, 3.05) is 0 Å². The lowest BCUT2D eigenvalue weighted by Crippen LogP contribution is -2.30. The summed E-state index contributed by atoms with van der Waals surface area (Å²) >= 11 is 0. The minimum Gasteiger partial charge on any atom is -0.196 e. The van der Waals surface area contributed by atoms with E-state index in [1.54, 1.807) is 0 Å². The summed E-state index contributed by atoms with van der Waals surface area (Å²) in [5.74, 6) is 0.845. The number of nitriles is 2. The molecule has 0 fully saturated rings. The van der Waals surface area contributed by atoms with E-state index < -0.39 is 11.1 Å². The van der Waals surface area contributed by atoms with Gasteiger partial charge >= 0.3 is 0 Å². The maximum Gasteiger partial charge on any atom is 0.167 e. The first-order chi connectivity index (χ1) is 10.4. The molecule has 0 rings (SSSR count). The lowest BCUT2D eigenvalue weighted by Gasteiger charge is -2.26. The van der Waals surface area contributed by atoms with Gasteiger partial charge in [-0.2, -0.15) is 20.8 Å². The predicted octanol–water partition coefficient (Wildman–Crippen LogP) is 5.66. The summed E-state index contributed by atoms with van der Waals surface area (Å²) in [5, 5.41) is 28.1. The molecule has 0 bridgehead atoms. The standard InChI is InChI=1S/C18H32N4/c1-7-15(5)11-17(9-3,13-19)21-22-18(10-4,14-20)12-16(6)8-2/h15-16H,7-12H2,1-6H3. The molecule has 4 nitrogen and oxygen atoms in total. The monoisotopic (exact) mass is 304 g/mol. The molecular formula is C18H32N4. The Bertz CT molecular complexity index is 391. The average molecular weight is 304 g/mol. The Kier molecular flexibility index (Phi) is 8.95. The van der Waals surface area contributed by atoms with Crippen molar-refractivity contribution >= 4 is 0 Å². The molecule has 0 aromatic rings. The first-order valence-corrected chi connectivity index (χ1v) is 8.62. The van der Waals surface area contributed by atoms with Gasteiger partial charge in [0.25, 0.3) is 0 Å². The highest BCUT2D eigenvalue weighted by Gasteiger charge is 2.34. The Morgan fingerprint density at radius 2 is 1.09 bits per heavy atom. The van der Waals surface area contributed by atoms with Crippen molar-refractivity contribution in [3.63, 3.8) is 0 Å². The fraction of sp³-hybridized carbons (Fsp3) is 0.889. The Morgan fingerprint density at radius 3 is 1.27 bits per heavy atom. The summed E-state index contributed by atoms with van der Waals surface area (Å²) in [6.45, 7) is 12.4. The molecule has 0 aromatic heterocycles. The van der Waals surface area contributed by atoms with Crippen LogP contribution in [0.3, 0.4) is 0 Å². The first kappa shape index (κ1) is 20.6. The lowest BCUT2D eigenvalue weighted by molar-refractivity contribution is 0.327. The van der Waals surface area contributed by atoms with E-state index in [1.807, 2.05) is 13.8 Å². The molecule has 4 atom stereocenters. The van der Waals surface area contributed by atoms with Gasteiger partial charge in [0.15, 0.2) is 11.1 Å². The van der Waals surface area contributed by atoms with Crippen LogP contribution in [0.1, 0.15) is 80.1 Å². The largest absolute Gasteiger partial charge is 0.196 e. The van der Waals surface area contributed by atoms with E-state index in [4.69, 9.17) is 0 Å².